The maximum absolute atomic E-state index is 3.61. The van der Waals surface area contributed by atoms with Crippen LogP contribution in [0.15, 0.2) is 24.3 Å². The van der Waals surface area contributed by atoms with Crippen molar-refractivity contribution in [2.24, 2.45) is 0 Å². The summed E-state index contributed by atoms with van der Waals surface area (Å²) >= 11 is 0. The number of anilines is 2. The van der Waals surface area contributed by atoms with Gasteiger partial charge in [-0.2, -0.15) is 0 Å². The van der Waals surface area contributed by atoms with Gasteiger partial charge < -0.3 is 15.5 Å². The van der Waals surface area contributed by atoms with Crippen molar-refractivity contribution in [1.29, 1.82) is 0 Å². The summed E-state index contributed by atoms with van der Waals surface area (Å²) in [6, 6.07) is 8.98. The first kappa shape index (κ1) is 20.3. The Morgan fingerprint density at radius 1 is 0.615 bits per heavy atom. The fourth-order valence-electron chi connectivity index (χ4n) is 3.77. The lowest BCUT2D eigenvalue weighted by atomic mass is 10.1. The summed E-state index contributed by atoms with van der Waals surface area (Å²) in [5, 5.41) is 7.22. The highest BCUT2D eigenvalue weighted by molar-refractivity contribution is 5.59. The molecule has 2 aromatic rings. The Balaban J connectivity index is 1.77. The van der Waals surface area contributed by atoms with Crippen molar-refractivity contribution in [3.8, 4) is 0 Å². The number of hydrogen-bond acceptors (Lipinski definition) is 3. The lowest BCUT2D eigenvalue weighted by Crippen LogP contribution is -2.30. The van der Waals surface area contributed by atoms with Gasteiger partial charge in [0.05, 0.1) is 0 Å². The first-order valence-corrected chi connectivity index (χ1v) is 9.60. The third-order valence-corrected chi connectivity index (χ3v) is 4.94. The zero-order chi connectivity index (χ0) is 19.3. The van der Waals surface area contributed by atoms with E-state index in [1.165, 1.54) is 44.8 Å². The van der Waals surface area contributed by atoms with E-state index in [1.807, 2.05) is 0 Å². The smallest absolute Gasteiger partial charge is 0.0400 e. The van der Waals surface area contributed by atoms with Crippen molar-refractivity contribution in [3.05, 3.63) is 57.6 Å². The van der Waals surface area contributed by atoms with Gasteiger partial charge in [-0.25, -0.2) is 0 Å². The number of nitrogens with zero attached hydrogens (tertiary/aromatic N) is 1. The van der Waals surface area contributed by atoms with E-state index in [0.717, 1.165) is 26.2 Å². The molecule has 2 rings (SSSR count). The summed E-state index contributed by atoms with van der Waals surface area (Å²) in [4.78, 5) is 2.37. The van der Waals surface area contributed by atoms with E-state index in [0.29, 0.717) is 0 Å². The van der Waals surface area contributed by atoms with Crippen LogP contribution in [-0.4, -0.2) is 38.1 Å². The highest BCUT2D eigenvalue weighted by atomic mass is 15.1. The molecule has 142 valence electrons. The maximum atomic E-state index is 3.61. The van der Waals surface area contributed by atoms with Crippen LogP contribution in [0.4, 0.5) is 11.4 Å². The first-order chi connectivity index (χ1) is 12.3. The number of likely N-dealkylation sites (N-methyl/N-ethyl adjacent to an activating group) is 1. The lowest BCUT2D eigenvalue weighted by Gasteiger charge is -2.20. The quantitative estimate of drug-likeness (QED) is 0.700. The Bertz CT molecular complexity index is 640. The zero-order valence-corrected chi connectivity index (χ0v) is 17.6. The van der Waals surface area contributed by atoms with Crippen LogP contribution in [0.2, 0.25) is 0 Å². The Labute approximate surface area is 159 Å². The van der Waals surface area contributed by atoms with Crippen LogP contribution in [-0.2, 0) is 0 Å². The fourth-order valence-corrected chi connectivity index (χ4v) is 3.77. The Kier molecular flexibility index (Phi) is 7.10. The van der Waals surface area contributed by atoms with Crippen molar-refractivity contribution < 1.29 is 0 Å². The predicted octanol–water partition coefficient (Wildman–Crippen LogP) is 4.99. The fraction of sp³-hybridized carbons (Fsp3) is 0.478. The molecule has 0 saturated carbocycles. The molecule has 3 heteroatoms. The van der Waals surface area contributed by atoms with E-state index in [4.69, 9.17) is 0 Å². The molecule has 0 aliphatic rings. The second-order valence-electron chi connectivity index (χ2n) is 7.70. The average molecular weight is 354 g/mol. The molecule has 0 saturated heterocycles. The molecule has 3 nitrogen and oxygen atoms in total. The molecule has 0 aliphatic heterocycles. The predicted molar refractivity (Wildman–Crippen MR) is 116 cm³/mol. The third kappa shape index (κ3) is 5.50. The number of nitrogens with one attached hydrogen (secondary N) is 2. The lowest BCUT2D eigenvalue weighted by molar-refractivity contribution is 0.361. The molecule has 0 aromatic heterocycles. The maximum Gasteiger partial charge on any atom is 0.0400 e. The molecule has 26 heavy (non-hydrogen) atoms. The summed E-state index contributed by atoms with van der Waals surface area (Å²) in [6.45, 7) is 17.0. The highest BCUT2D eigenvalue weighted by Gasteiger charge is 2.06. The Morgan fingerprint density at radius 2 is 0.923 bits per heavy atom. The summed E-state index contributed by atoms with van der Waals surface area (Å²) in [6.07, 6.45) is 0. The average Bonchev–Trinajstić information content (AvgIpc) is 2.52. The van der Waals surface area contributed by atoms with Crippen LogP contribution >= 0.6 is 0 Å². The summed E-state index contributed by atoms with van der Waals surface area (Å²) in [5.74, 6) is 0. The van der Waals surface area contributed by atoms with Crippen molar-refractivity contribution >= 4 is 11.4 Å². The van der Waals surface area contributed by atoms with Crippen LogP contribution in [0, 0.1) is 41.5 Å². The van der Waals surface area contributed by atoms with Gasteiger partial charge in [-0.1, -0.05) is 35.4 Å². The second-order valence-corrected chi connectivity index (χ2v) is 7.70. The van der Waals surface area contributed by atoms with Gasteiger partial charge in [-0.15, -0.1) is 0 Å². The molecule has 0 aliphatic carbocycles. The molecular formula is C23H35N3. The number of hydrogen-bond donors (Lipinski definition) is 2. The van der Waals surface area contributed by atoms with Crippen LogP contribution in [0.25, 0.3) is 0 Å². The molecule has 0 spiro atoms. The normalized spacial score (nSPS) is 11.1. The zero-order valence-electron chi connectivity index (χ0n) is 17.6. The largest absolute Gasteiger partial charge is 0.383 e. The van der Waals surface area contributed by atoms with Crippen LogP contribution in [0.3, 0.4) is 0 Å². The Hall–Kier alpha value is -2.00. The van der Waals surface area contributed by atoms with E-state index >= 15 is 0 Å². The molecule has 0 amide bonds. The van der Waals surface area contributed by atoms with Crippen molar-refractivity contribution in [2.45, 2.75) is 41.5 Å². The minimum atomic E-state index is 0.962. The highest BCUT2D eigenvalue weighted by Crippen LogP contribution is 2.22. The van der Waals surface area contributed by atoms with E-state index in [9.17, 15) is 0 Å². The summed E-state index contributed by atoms with van der Waals surface area (Å²) in [7, 11) is 2.19. The molecule has 2 N–H and O–H groups in total. The molecule has 0 bridgehead atoms. The molecule has 0 radical (unpaired) electrons. The van der Waals surface area contributed by atoms with Gasteiger partial charge in [0, 0.05) is 37.6 Å². The molecule has 0 atom stereocenters. The van der Waals surface area contributed by atoms with E-state index < -0.39 is 0 Å². The molecular weight excluding hydrogens is 318 g/mol. The topological polar surface area (TPSA) is 27.3 Å². The first-order valence-electron chi connectivity index (χ1n) is 9.60. The minimum absolute atomic E-state index is 0.962. The van der Waals surface area contributed by atoms with Crippen LogP contribution in [0.1, 0.15) is 33.4 Å². The van der Waals surface area contributed by atoms with E-state index in [-0.39, 0.29) is 0 Å². The van der Waals surface area contributed by atoms with Gasteiger partial charge in [0.25, 0.3) is 0 Å². The van der Waals surface area contributed by atoms with Crippen LogP contribution in [0.5, 0.6) is 0 Å². The number of benzene rings is 2. The van der Waals surface area contributed by atoms with Gasteiger partial charge in [0.15, 0.2) is 0 Å². The molecule has 2 aromatic carbocycles. The van der Waals surface area contributed by atoms with Crippen LogP contribution < -0.4 is 10.6 Å². The van der Waals surface area contributed by atoms with E-state index in [1.54, 1.807) is 0 Å². The van der Waals surface area contributed by atoms with Crippen molar-refractivity contribution in [3.63, 3.8) is 0 Å². The molecule has 0 heterocycles. The van der Waals surface area contributed by atoms with Gasteiger partial charge in [-0.3, -0.25) is 0 Å². The standard InChI is InChI=1S/C23H35N3/c1-16-12-18(3)22(19(4)13-16)24-8-10-26(7)11-9-25-23-20(5)14-17(2)15-21(23)6/h12-15,24-25H,8-11H2,1-7H3. The SMILES string of the molecule is Cc1cc(C)c(NCCN(C)CCNc2c(C)cc(C)cc2C)c(C)c1. The molecule has 0 unspecified atom stereocenters. The third-order valence-electron chi connectivity index (χ3n) is 4.94. The number of aryl methyl sites for hydroxylation is 6. The van der Waals surface area contributed by atoms with Gasteiger partial charge in [0.1, 0.15) is 0 Å². The van der Waals surface area contributed by atoms with Gasteiger partial charge >= 0.3 is 0 Å². The minimum Gasteiger partial charge on any atom is -0.383 e. The van der Waals surface area contributed by atoms with Crippen molar-refractivity contribution in [1.82, 2.24) is 4.90 Å². The summed E-state index contributed by atoms with van der Waals surface area (Å²) < 4.78 is 0. The monoisotopic (exact) mass is 353 g/mol. The Morgan fingerprint density at radius 3 is 1.23 bits per heavy atom. The summed E-state index contributed by atoms with van der Waals surface area (Å²) in [5.41, 5.74) is 10.6. The van der Waals surface area contributed by atoms with E-state index in [2.05, 4.69) is 88.4 Å². The second kappa shape index (κ2) is 9.09. The van der Waals surface area contributed by atoms with Crippen molar-refractivity contribution in [2.75, 3.05) is 43.9 Å². The molecule has 0 fully saturated rings. The number of rotatable bonds is 8. The van der Waals surface area contributed by atoms with Gasteiger partial charge in [-0.05, 0) is 70.8 Å². The van der Waals surface area contributed by atoms with Gasteiger partial charge in [0.2, 0.25) is 0 Å².